The van der Waals surface area contributed by atoms with Gasteiger partial charge in [0.15, 0.2) is 0 Å². The van der Waals surface area contributed by atoms with Gasteiger partial charge >= 0.3 is 5.97 Å². The van der Waals surface area contributed by atoms with Crippen LogP contribution in [0.25, 0.3) is 0 Å². The lowest BCUT2D eigenvalue weighted by Crippen LogP contribution is -2.40. The van der Waals surface area contributed by atoms with Crippen molar-refractivity contribution in [1.82, 2.24) is 0 Å². The first kappa shape index (κ1) is 20.2. The number of halogens is 1. The van der Waals surface area contributed by atoms with Crippen LogP contribution in [0.4, 0.5) is 11.4 Å². The molecular formula is C24H23BrN2O4. The summed E-state index contributed by atoms with van der Waals surface area (Å²) in [5.41, 5.74) is 3.92. The van der Waals surface area contributed by atoms with Crippen molar-refractivity contribution in [3.05, 3.63) is 59.2 Å². The van der Waals surface area contributed by atoms with E-state index in [1.54, 1.807) is 24.3 Å². The minimum atomic E-state index is -0.382. The average Bonchev–Trinajstić information content (AvgIpc) is 3.35. The van der Waals surface area contributed by atoms with Crippen LogP contribution in [-0.4, -0.2) is 28.7 Å². The third kappa shape index (κ3) is 3.26. The monoisotopic (exact) mass is 482 g/mol. The van der Waals surface area contributed by atoms with E-state index >= 15 is 0 Å². The Morgan fingerprint density at radius 1 is 1.00 bits per heavy atom. The van der Waals surface area contributed by atoms with Crippen LogP contribution in [-0.2, 0) is 14.3 Å². The van der Waals surface area contributed by atoms with Gasteiger partial charge in [-0.05, 0) is 61.6 Å². The molecule has 160 valence electrons. The molecule has 2 N–H and O–H groups in total. The molecule has 2 aromatic rings. The van der Waals surface area contributed by atoms with Crippen LogP contribution in [0.5, 0.6) is 0 Å². The van der Waals surface area contributed by atoms with Gasteiger partial charge in [0.1, 0.15) is 6.10 Å². The standard InChI is InChI=1S/C24H23BrN2O4/c1-11-4-3-5-12(2)20(11)27-22(28)13-6-8-14(9-7-13)26-23(29)17-15-10-16-18(17)24(30)31-21(16)19(15)25/h3-9,15-19,21H,10H2,1-2H3,(H,26,29)(H,27,28)/t15-,16-,17-,18-,19+,21+/m1/s1. The Labute approximate surface area is 188 Å². The van der Waals surface area contributed by atoms with Crippen molar-refractivity contribution in [3.8, 4) is 0 Å². The molecule has 0 spiro atoms. The largest absolute Gasteiger partial charge is 0.461 e. The number of carbonyl (C=O) groups is 3. The van der Waals surface area contributed by atoms with E-state index in [1.165, 1.54) is 0 Å². The first-order valence-corrected chi connectivity index (χ1v) is 11.4. The molecule has 3 aliphatic rings. The molecule has 2 amide bonds. The predicted octanol–water partition coefficient (Wildman–Crippen LogP) is 4.07. The van der Waals surface area contributed by atoms with Crippen molar-refractivity contribution in [2.45, 2.75) is 31.2 Å². The Morgan fingerprint density at radius 2 is 1.68 bits per heavy atom. The molecule has 6 nitrogen and oxygen atoms in total. The molecule has 0 unspecified atom stereocenters. The van der Waals surface area contributed by atoms with Crippen LogP contribution in [0.3, 0.4) is 0 Å². The number of amides is 2. The highest BCUT2D eigenvalue weighted by molar-refractivity contribution is 9.09. The fourth-order valence-corrected chi connectivity index (χ4v) is 6.50. The van der Waals surface area contributed by atoms with Crippen LogP contribution in [0.2, 0.25) is 0 Å². The molecule has 2 saturated carbocycles. The summed E-state index contributed by atoms with van der Waals surface area (Å²) in [4.78, 5) is 37.9. The van der Waals surface area contributed by atoms with Gasteiger partial charge in [0, 0.05) is 22.9 Å². The number of anilines is 2. The second-order valence-electron chi connectivity index (χ2n) is 8.75. The van der Waals surface area contributed by atoms with Gasteiger partial charge in [-0.25, -0.2) is 0 Å². The van der Waals surface area contributed by atoms with Crippen LogP contribution < -0.4 is 10.6 Å². The van der Waals surface area contributed by atoms with Gasteiger partial charge in [-0.2, -0.15) is 0 Å². The summed E-state index contributed by atoms with van der Waals surface area (Å²) in [5, 5.41) is 5.89. The number of rotatable bonds is 4. The van der Waals surface area contributed by atoms with Crippen molar-refractivity contribution >= 4 is 45.1 Å². The van der Waals surface area contributed by atoms with Crippen molar-refractivity contribution in [2.24, 2.45) is 23.7 Å². The lowest BCUT2D eigenvalue weighted by Gasteiger charge is -2.27. The smallest absolute Gasteiger partial charge is 0.310 e. The summed E-state index contributed by atoms with van der Waals surface area (Å²) < 4.78 is 5.48. The highest BCUT2D eigenvalue weighted by Gasteiger charge is 2.67. The van der Waals surface area contributed by atoms with Crippen molar-refractivity contribution in [2.75, 3.05) is 10.6 Å². The van der Waals surface area contributed by atoms with Gasteiger partial charge in [-0.15, -0.1) is 0 Å². The summed E-state index contributed by atoms with van der Waals surface area (Å²) in [6.07, 6.45) is 0.744. The molecular weight excluding hydrogens is 460 g/mol. The number of carbonyl (C=O) groups excluding carboxylic acids is 3. The van der Waals surface area contributed by atoms with E-state index in [0.717, 1.165) is 23.2 Å². The van der Waals surface area contributed by atoms with Gasteiger partial charge in [-0.3, -0.25) is 14.4 Å². The number of hydrogen-bond donors (Lipinski definition) is 2. The third-order valence-electron chi connectivity index (χ3n) is 6.96. The van der Waals surface area contributed by atoms with E-state index in [4.69, 9.17) is 4.74 Å². The number of alkyl halides is 1. The zero-order valence-electron chi connectivity index (χ0n) is 17.2. The molecule has 7 heteroatoms. The normalized spacial score (nSPS) is 30.2. The summed E-state index contributed by atoms with van der Waals surface area (Å²) in [6, 6.07) is 12.7. The zero-order chi connectivity index (χ0) is 21.9. The quantitative estimate of drug-likeness (QED) is 0.508. The lowest BCUT2D eigenvalue weighted by molar-refractivity contribution is -0.145. The number of nitrogens with one attached hydrogen (secondary N) is 2. The number of aryl methyl sites for hydroxylation is 2. The number of benzene rings is 2. The maximum Gasteiger partial charge on any atom is 0.310 e. The SMILES string of the molecule is Cc1cccc(C)c1NC(=O)c1ccc(NC(=O)[C@@H]2[C@H]3C[C@H]4[C@H](OC(=O)[C@H]42)[C@H]3Br)cc1. The molecule has 3 fully saturated rings. The third-order valence-corrected chi connectivity index (χ3v) is 8.16. The molecule has 2 aliphatic carbocycles. The topological polar surface area (TPSA) is 84.5 Å². The molecule has 2 bridgehead atoms. The van der Waals surface area contributed by atoms with Crippen LogP contribution >= 0.6 is 15.9 Å². The summed E-state index contributed by atoms with van der Waals surface area (Å²) in [7, 11) is 0. The highest BCUT2D eigenvalue weighted by atomic mass is 79.9. The molecule has 2 aromatic carbocycles. The summed E-state index contributed by atoms with van der Waals surface area (Å²) >= 11 is 3.63. The number of fused-ring (bicyclic) bond motifs is 1. The first-order chi connectivity index (χ1) is 14.8. The maximum atomic E-state index is 13.0. The fraction of sp³-hybridized carbons (Fsp3) is 0.375. The number of hydrogen-bond acceptors (Lipinski definition) is 4. The summed E-state index contributed by atoms with van der Waals surface area (Å²) in [6.45, 7) is 3.91. The summed E-state index contributed by atoms with van der Waals surface area (Å²) in [5.74, 6) is -1.10. The Hall–Kier alpha value is -2.67. The minimum Gasteiger partial charge on any atom is -0.461 e. The second-order valence-corrected chi connectivity index (χ2v) is 9.81. The second kappa shape index (κ2) is 7.48. The highest BCUT2D eigenvalue weighted by Crippen LogP contribution is 2.60. The van der Waals surface area contributed by atoms with Gasteiger partial charge in [0.05, 0.1) is 16.7 Å². The van der Waals surface area contributed by atoms with Gasteiger partial charge < -0.3 is 15.4 Å². The maximum absolute atomic E-state index is 13.0. The minimum absolute atomic E-state index is 0.0342. The van der Waals surface area contributed by atoms with Crippen LogP contribution in [0.15, 0.2) is 42.5 Å². The lowest BCUT2D eigenvalue weighted by atomic mass is 9.79. The Morgan fingerprint density at radius 3 is 2.35 bits per heavy atom. The van der Waals surface area contributed by atoms with Crippen molar-refractivity contribution in [3.63, 3.8) is 0 Å². The average molecular weight is 483 g/mol. The number of ether oxygens (including phenoxy) is 1. The molecule has 5 rings (SSSR count). The molecule has 31 heavy (non-hydrogen) atoms. The van der Waals surface area contributed by atoms with Crippen molar-refractivity contribution < 1.29 is 19.1 Å². The molecule has 1 aliphatic heterocycles. The molecule has 0 radical (unpaired) electrons. The van der Waals surface area contributed by atoms with E-state index in [9.17, 15) is 14.4 Å². The van der Waals surface area contributed by atoms with Crippen LogP contribution in [0, 0.1) is 37.5 Å². The van der Waals surface area contributed by atoms with Gasteiger partial charge in [-0.1, -0.05) is 34.1 Å². The van der Waals surface area contributed by atoms with Gasteiger partial charge in [0.2, 0.25) is 5.91 Å². The zero-order valence-corrected chi connectivity index (χ0v) is 18.8. The van der Waals surface area contributed by atoms with E-state index in [1.807, 2.05) is 32.0 Å². The Bertz CT molecular complexity index is 1060. The molecule has 1 saturated heterocycles. The molecule has 0 aromatic heterocycles. The predicted molar refractivity (Wildman–Crippen MR) is 120 cm³/mol. The number of para-hydroxylation sites is 1. The van der Waals surface area contributed by atoms with E-state index < -0.39 is 0 Å². The molecule has 1 heterocycles. The van der Waals surface area contributed by atoms with Gasteiger partial charge in [0.25, 0.3) is 5.91 Å². The number of esters is 1. The van der Waals surface area contributed by atoms with Crippen molar-refractivity contribution in [1.29, 1.82) is 0 Å². The molecule has 6 atom stereocenters. The van der Waals surface area contributed by atoms with E-state index in [-0.39, 0.29) is 52.4 Å². The Kier molecular flexibility index (Phi) is 4.88. The van der Waals surface area contributed by atoms with Crippen LogP contribution in [0.1, 0.15) is 27.9 Å². The first-order valence-electron chi connectivity index (χ1n) is 10.5. The fourth-order valence-electron chi connectivity index (χ4n) is 5.46. The van der Waals surface area contributed by atoms with E-state index in [0.29, 0.717) is 11.3 Å². The van der Waals surface area contributed by atoms with E-state index in [2.05, 4.69) is 26.6 Å². The Balaban J connectivity index is 1.27.